The van der Waals surface area contributed by atoms with Crippen molar-refractivity contribution < 1.29 is 0 Å². The van der Waals surface area contributed by atoms with Gasteiger partial charge in [0, 0.05) is 29.9 Å². The maximum absolute atomic E-state index is 5.93. The van der Waals surface area contributed by atoms with E-state index in [1.807, 2.05) is 24.3 Å². The van der Waals surface area contributed by atoms with E-state index in [9.17, 15) is 0 Å². The number of nitrogen functional groups attached to an aromatic ring is 1. The lowest BCUT2D eigenvalue weighted by Gasteiger charge is -2.21. The zero-order valence-corrected chi connectivity index (χ0v) is 11.1. The lowest BCUT2D eigenvalue weighted by atomic mass is 10.1. The molecule has 4 heteroatoms. The van der Waals surface area contributed by atoms with Gasteiger partial charge in [-0.15, -0.1) is 0 Å². The second-order valence-electron chi connectivity index (χ2n) is 4.80. The van der Waals surface area contributed by atoms with Gasteiger partial charge in [0.1, 0.15) is 0 Å². The van der Waals surface area contributed by atoms with Gasteiger partial charge in [0.2, 0.25) is 0 Å². The molecule has 1 heterocycles. The van der Waals surface area contributed by atoms with E-state index in [2.05, 4.69) is 36.2 Å². The van der Waals surface area contributed by atoms with Crippen molar-refractivity contribution >= 4 is 22.3 Å². The van der Waals surface area contributed by atoms with Crippen LogP contribution in [0.1, 0.15) is 6.92 Å². The summed E-state index contributed by atoms with van der Waals surface area (Å²) in [4.78, 5) is 6.51. The summed E-state index contributed by atoms with van der Waals surface area (Å²) < 4.78 is 0. The first-order valence-electron chi connectivity index (χ1n) is 6.13. The Morgan fingerprint density at radius 2 is 2.11 bits per heavy atom. The Bertz CT molecular complexity index is 536. The zero-order chi connectivity index (χ0) is 13.1. The molecule has 0 radical (unpaired) electrons. The number of fused-ring (bicyclic) bond motifs is 1. The minimum Gasteiger partial charge on any atom is -0.397 e. The second-order valence-corrected chi connectivity index (χ2v) is 4.80. The Balaban J connectivity index is 2.26. The molecular weight excluding hydrogens is 224 g/mol. The lowest BCUT2D eigenvalue weighted by Crippen LogP contribution is -2.31. The van der Waals surface area contributed by atoms with E-state index < -0.39 is 0 Å². The average molecular weight is 244 g/mol. The van der Waals surface area contributed by atoms with E-state index in [1.54, 1.807) is 6.20 Å². The highest BCUT2D eigenvalue weighted by atomic mass is 15.1. The summed E-state index contributed by atoms with van der Waals surface area (Å²) in [7, 11) is 4.16. The third kappa shape index (κ3) is 2.54. The average Bonchev–Trinajstić information content (AvgIpc) is 2.36. The summed E-state index contributed by atoms with van der Waals surface area (Å²) >= 11 is 0. The fraction of sp³-hybridized carbons (Fsp3) is 0.357. The molecule has 0 aliphatic heterocycles. The number of para-hydroxylation sites is 1. The van der Waals surface area contributed by atoms with Crippen molar-refractivity contribution in [2.45, 2.75) is 13.0 Å². The molecular formula is C14H20N4. The van der Waals surface area contributed by atoms with Crippen LogP contribution in [0.4, 0.5) is 11.4 Å². The number of pyridine rings is 1. The molecule has 3 N–H and O–H groups in total. The number of likely N-dealkylation sites (N-methyl/N-ethyl adjacent to an activating group) is 1. The molecule has 18 heavy (non-hydrogen) atoms. The van der Waals surface area contributed by atoms with Crippen molar-refractivity contribution in [1.29, 1.82) is 0 Å². The van der Waals surface area contributed by atoms with Gasteiger partial charge in [-0.2, -0.15) is 0 Å². The number of benzene rings is 1. The van der Waals surface area contributed by atoms with Crippen molar-refractivity contribution in [2.75, 3.05) is 31.7 Å². The summed E-state index contributed by atoms with van der Waals surface area (Å²) in [6, 6.07) is 8.33. The molecule has 0 amide bonds. The number of hydrogen-bond acceptors (Lipinski definition) is 4. The molecule has 0 saturated carbocycles. The molecule has 0 fully saturated rings. The van der Waals surface area contributed by atoms with Gasteiger partial charge < -0.3 is 16.0 Å². The lowest BCUT2D eigenvalue weighted by molar-refractivity contribution is 0.326. The van der Waals surface area contributed by atoms with Gasteiger partial charge >= 0.3 is 0 Å². The predicted molar refractivity (Wildman–Crippen MR) is 77.8 cm³/mol. The van der Waals surface area contributed by atoms with Crippen molar-refractivity contribution in [2.24, 2.45) is 0 Å². The molecule has 1 unspecified atom stereocenters. The molecule has 1 aromatic heterocycles. The van der Waals surface area contributed by atoms with E-state index in [-0.39, 0.29) is 0 Å². The Morgan fingerprint density at radius 3 is 2.83 bits per heavy atom. The minimum absolute atomic E-state index is 0.467. The fourth-order valence-electron chi connectivity index (χ4n) is 1.79. The van der Waals surface area contributed by atoms with E-state index in [0.29, 0.717) is 6.04 Å². The summed E-state index contributed by atoms with van der Waals surface area (Å²) in [5.41, 5.74) is 8.60. The second kappa shape index (κ2) is 5.23. The summed E-state index contributed by atoms with van der Waals surface area (Å²) in [6.45, 7) is 3.08. The Morgan fingerprint density at radius 1 is 1.33 bits per heavy atom. The van der Waals surface area contributed by atoms with Gasteiger partial charge in [0.05, 0.1) is 11.2 Å². The number of nitrogens with zero attached hydrogens (tertiary/aromatic N) is 2. The van der Waals surface area contributed by atoms with E-state index in [0.717, 1.165) is 28.8 Å². The fourth-order valence-corrected chi connectivity index (χ4v) is 1.79. The molecule has 1 atom stereocenters. The van der Waals surface area contributed by atoms with Crippen LogP contribution in [0.3, 0.4) is 0 Å². The number of rotatable bonds is 4. The SMILES string of the molecule is CC(CNc1ccnc2c(N)cccc12)N(C)C. The van der Waals surface area contributed by atoms with Crippen LogP contribution in [-0.4, -0.2) is 36.6 Å². The van der Waals surface area contributed by atoms with Crippen LogP contribution >= 0.6 is 0 Å². The minimum atomic E-state index is 0.467. The maximum Gasteiger partial charge on any atom is 0.0951 e. The predicted octanol–water partition coefficient (Wildman–Crippen LogP) is 2.18. The normalized spacial score (nSPS) is 12.9. The Labute approximate surface area is 108 Å². The highest BCUT2D eigenvalue weighted by molar-refractivity contribution is 5.97. The van der Waals surface area contributed by atoms with Crippen LogP contribution in [-0.2, 0) is 0 Å². The summed E-state index contributed by atoms with van der Waals surface area (Å²) in [6.07, 6.45) is 1.79. The molecule has 2 aromatic rings. The van der Waals surface area contributed by atoms with Gasteiger partial charge in [-0.25, -0.2) is 0 Å². The van der Waals surface area contributed by atoms with Crippen LogP contribution < -0.4 is 11.1 Å². The number of aromatic nitrogens is 1. The van der Waals surface area contributed by atoms with Crippen LogP contribution in [0.15, 0.2) is 30.5 Å². The standard InChI is InChI=1S/C14H20N4/c1-10(18(2)3)9-17-13-7-8-16-14-11(13)5-4-6-12(14)15/h4-8,10H,9,15H2,1-3H3,(H,16,17). The molecule has 2 rings (SSSR count). The third-order valence-electron chi connectivity index (χ3n) is 3.27. The topological polar surface area (TPSA) is 54.2 Å². The van der Waals surface area contributed by atoms with Crippen LogP contribution in [0, 0.1) is 0 Å². The van der Waals surface area contributed by atoms with Crippen LogP contribution in [0.2, 0.25) is 0 Å². The van der Waals surface area contributed by atoms with Crippen LogP contribution in [0.25, 0.3) is 10.9 Å². The van der Waals surface area contributed by atoms with Gasteiger partial charge in [-0.05, 0) is 33.2 Å². The molecule has 4 nitrogen and oxygen atoms in total. The monoisotopic (exact) mass is 244 g/mol. The largest absolute Gasteiger partial charge is 0.397 e. The number of hydrogen-bond donors (Lipinski definition) is 2. The van der Waals surface area contributed by atoms with Gasteiger partial charge in [0.15, 0.2) is 0 Å². The highest BCUT2D eigenvalue weighted by Crippen LogP contribution is 2.25. The van der Waals surface area contributed by atoms with E-state index in [4.69, 9.17) is 5.73 Å². The highest BCUT2D eigenvalue weighted by Gasteiger charge is 2.07. The summed E-state index contributed by atoms with van der Waals surface area (Å²) in [5, 5.41) is 4.53. The number of anilines is 2. The first-order valence-corrected chi connectivity index (χ1v) is 6.13. The molecule has 96 valence electrons. The molecule has 0 aliphatic carbocycles. The van der Waals surface area contributed by atoms with Crippen molar-refractivity contribution in [1.82, 2.24) is 9.88 Å². The number of nitrogens with one attached hydrogen (secondary N) is 1. The first-order chi connectivity index (χ1) is 8.59. The van der Waals surface area contributed by atoms with Gasteiger partial charge in [-0.1, -0.05) is 12.1 Å². The molecule has 1 aromatic carbocycles. The Kier molecular flexibility index (Phi) is 3.67. The number of nitrogens with two attached hydrogens (primary N) is 1. The molecule has 0 spiro atoms. The van der Waals surface area contributed by atoms with E-state index >= 15 is 0 Å². The first kappa shape index (κ1) is 12.6. The quantitative estimate of drug-likeness (QED) is 0.809. The van der Waals surface area contributed by atoms with Crippen LogP contribution in [0.5, 0.6) is 0 Å². The smallest absolute Gasteiger partial charge is 0.0951 e. The van der Waals surface area contributed by atoms with Crippen molar-refractivity contribution in [3.63, 3.8) is 0 Å². The van der Waals surface area contributed by atoms with E-state index in [1.165, 1.54) is 0 Å². The van der Waals surface area contributed by atoms with Gasteiger partial charge in [-0.3, -0.25) is 4.98 Å². The van der Waals surface area contributed by atoms with Crippen molar-refractivity contribution in [3.8, 4) is 0 Å². The molecule has 0 aliphatic rings. The molecule has 0 saturated heterocycles. The Hall–Kier alpha value is -1.81. The van der Waals surface area contributed by atoms with Crippen molar-refractivity contribution in [3.05, 3.63) is 30.5 Å². The maximum atomic E-state index is 5.93. The zero-order valence-electron chi connectivity index (χ0n) is 11.1. The molecule has 0 bridgehead atoms. The third-order valence-corrected chi connectivity index (χ3v) is 3.27. The summed E-state index contributed by atoms with van der Waals surface area (Å²) in [5.74, 6) is 0. The van der Waals surface area contributed by atoms with Gasteiger partial charge in [0.25, 0.3) is 0 Å².